The van der Waals surface area contributed by atoms with E-state index >= 15 is 0 Å². The molecule has 0 unspecified atom stereocenters. The number of ketones is 1. The molecule has 0 heterocycles. The van der Waals surface area contributed by atoms with Crippen LogP contribution in [0.2, 0.25) is 0 Å². The van der Waals surface area contributed by atoms with Crippen molar-refractivity contribution in [2.45, 2.75) is 51.2 Å². The van der Waals surface area contributed by atoms with Crippen molar-refractivity contribution in [3.63, 3.8) is 0 Å². The quantitative estimate of drug-likeness (QED) is 0.488. The van der Waals surface area contributed by atoms with Gasteiger partial charge in [0.1, 0.15) is 5.78 Å². The molecule has 1 fully saturated rings. The first-order chi connectivity index (χ1) is 11.6. The van der Waals surface area contributed by atoms with Crippen LogP contribution in [0.4, 0.5) is 0 Å². The second-order valence-electron chi connectivity index (χ2n) is 5.94. The van der Waals surface area contributed by atoms with Crippen LogP contribution in [0.15, 0.2) is 30.3 Å². The van der Waals surface area contributed by atoms with Crippen molar-refractivity contribution in [2.24, 2.45) is 5.92 Å². The Hall–Kier alpha value is -0.610. The fourth-order valence-electron chi connectivity index (χ4n) is 3.05. The average molecular weight is 370 g/mol. The van der Waals surface area contributed by atoms with Crippen molar-refractivity contribution in [2.75, 3.05) is 13.2 Å². The van der Waals surface area contributed by atoms with E-state index in [1.165, 1.54) is 11.4 Å². The molecule has 0 aliphatic heterocycles. The van der Waals surface area contributed by atoms with Crippen LogP contribution in [0, 0.1) is 5.92 Å². The number of hydrogen-bond donors (Lipinski definition) is 0. The highest BCUT2D eigenvalue weighted by Crippen LogP contribution is 2.66. The first-order valence-corrected chi connectivity index (χ1v) is 11.8. The molecular weight excluding hydrogens is 343 g/mol. The Kier molecular flexibility index (Phi) is 8.02. The van der Waals surface area contributed by atoms with Gasteiger partial charge in [0.05, 0.1) is 13.2 Å². The summed E-state index contributed by atoms with van der Waals surface area (Å²) in [5, 5.41) is -0.205. The van der Waals surface area contributed by atoms with Crippen LogP contribution < -0.4 is 0 Å². The summed E-state index contributed by atoms with van der Waals surface area (Å²) in [7, 11) is 0. The molecule has 0 aromatic heterocycles. The predicted octanol–water partition coefficient (Wildman–Crippen LogP) is 5.79. The van der Waals surface area contributed by atoms with Crippen LogP contribution in [0.3, 0.4) is 0 Å². The van der Waals surface area contributed by atoms with Gasteiger partial charge in [-0.05, 0) is 43.6 Å². The summed E-state index contributed by atoms with van der Waals surface area (Å²) in [6.45, 7) is 0.977. The molecule has 4 nitrogen and oxygen atoms in total. The minimum absolute atomic E-state index is 0.162. The molecule has 6 heteroatoms. The van der Waals surface area contributed by atoms with Crippen molar-refractivity contribution >= 4 is 24.0 Å². The third-order valence-electron chi connectivity index (χ3n) is 4.20. The maximum Gasteiger partial charge on any atom is 0.389 e. The summed E-state index contributed by atoms with van der Waals surface area (Å²) in [5.41, 5.74) is 0.994. The van der Waals surface area contributed by atoms with Gasteiger partial charge in [-0.15, -0.1) is 0 Å². The lowest BCUT2D eigenvalue weighted by molar-refractivity contribution is -0.122. The second-order valence-corrected chi connectivity index (χ2v) is 10.1. The van der Waals surface area contributed by atoms with E-state index in [1.54, 1.807) is 13.8 Å². The van der Waals surface area contributed by atoms with Crippen LogP contribution in [-0.2, 0) is 18.4 Å². The van der Waals surface area contributed by atoms with E-state index in [1.807, 2.05) is 30.3 Å². The van der Waals surface area contributed by atoms with Gasteiger partial charge in [0.15, 0.2) is 0 Å². The number of carbonyl (C=O) groups excluding carboxylic acids is 1. The van der Waals surface area contributed by atoms with Crippen LogP contribution in [-0.4, -0.2) is 19.0 Å². The smallest absolute Gasteiger partial charge is 0.301 e. The molecule has 0 N–H and O–H groups in total. The Morgan fingerprint density at radius 2 is 1.75 bits per heavy atom. The summed E-state index contributed by atoms with van der Waals surface area (Å²) in [6.07, 6.45) is 4.62. The number of Topliss-reactive ketones (excluding diaryl/α,β-unsaturated/α-hetero) is 1. The van der Waals surface area contributed by atoms with E-state index in [0.29, 0.717) is 19.6 Å². The molecule has 134 valence electrons. The fraction of sp³-hybridized carbons (Fsp3) is 0.611. The van der Waals surface area contributed by atoms with E-state index in [9.17, 15) is 9.36 Å². The zero-order valence-electron chi connectivity index (χ0n) is 14.5. The average Bonchev–Trinajstić information content (AvgIpc) is 3.10. The standard InChI is InChI=1S/C18H27O4PS/c1-3-21-23(20,22-4-2)24-18(16-12-6-5-7-13-16)14-17(19)15-10-8-9-11-15/h5-7,12-13,15,18H,3-4,8-11,14H2,1-2H3/t18-/m1/s1. The Balaban J connectivity index is 2.16. The highest BCUT2D eigenvalue weighted by molar-refractivity contribution is 8.55. The van der Waals surface area contributed by atoms with Crippen molar-refractivity contribution in [3.05, 3.63) is 35.9 Å². The van der Waals surface area contributed by atoms with Crippen LogP contribution in [0.1, 0.15) is 56.8 Å². The molecule has 1 atom stereocenters. The van der Waals surface area contributed by atoms with Crippen LogP contribution in [0.5, 0.6) is 0 Å². The van der Waals surface area contributed by atoms with E-state index in [4.69, 9.17) is 9.05 Å². The molecule has 1 aliphatic rings. The van der Waals surface area contributed by atoms with Crippen molar-refractivity contribution < 1.29 is 18.4 Å². The van der Waals surface area contributed by atoms with Gasteiger partial charge in [-0.3, -0.25) is 4.79 Å². The molecule has 1 aromatic carbocycles. The predicted molar refractivity (Wildman–Crippen MR) is 99.2 cm³/mol. The van der Waals surface area contributed by atoms with E-state index < -0.39 is 6.80 Å². The van der Waals surface area contributed by atoms with Gasteiger partial charge < -0.3 is 9.05 Å². The number of benzene rings is 1. The number of rotatable bonds is 10. The molecular formula is C18H27O4PS. The van der Waals surface area contributed by atoms with Crippen LogP contribution in [0.25, 0.3) is 0 Å². The Labute approximate surface area is 149 Å². The molecule has 0 amide bonds. The Morgan fingerprint density at radius 1 is 1.17 bits per heavy atom. The Bertz CT molecular complexity index is 547. The topological polar surface area (TPSA) is 52.6 Å². The lowest BCUT2D eigenvalue weighted by Gasteiger charge is -2.23. The second kappa shape index (κ2) is 9.76. The molecule has 2 rings (SSSR count). The van der Waals surface area contributed by atoms with E-state index in [0.717, 1.165) is 31.2 Å². The normalized spacial score (nSPS) is 17.1. The molecule has 0 saturated heterocycles. The lowest BCUT2D eigenvalue weighted by atomic mass is 9.96. The third kappa shape index (κ3) is 5.73. The summed E-state index contributed by atoms with van der Waals surface area (Å²) in [5.74, 6) is 0.434. The zero-order valence-corrected chi connectivity index (χ0v) is 16.2. The molecule has 1 aromatic rings. The van der Waals surface area contributed by atoms with Crippen molar-refractivity contribution in [3.8, 4) is 0 Å². The highest BCUT2D eigenvalue weighted by atomic mass is 32.7. The van der Waals surface area contributed by atoms with E-state index in [2.05, 4.69) is 0 Å². The SMILES string of the molecule is CCOP(=O)(OCC)S[C@H](CC(=O)C1CCCC1)c1ccccc1. The number of carbonyl (C=O) groups is 1. The summed E-state index contributed by atoms with van der Waals surface area (Å²) < 4.78 is 23.7. The van der Waals surface area contributed by atoms with E-state index in [-0.39, 0.29) is 17.0 Å². The van der Waals surface area contributed by atoms with Gasteiger partial charge >= 0.3 is 6.80 Å². The highest BCUT2D eigenvalue weighted by Gasteiger charge is 2.33. The van der Waals surface area contributed by atoms with Gasteiger partial charge in [0.2, 0.25) is 0 Å². The molecule has 0 bridgehead atoms. The maximum absolute atomic E-state index is 12.9. The minimum atomic E-state index is -3.26. The molecule has 1 saturated carbocycles. The van der Waals surface area contributed by atoms with Crippen LogP contribution >= 0.6 is 18.2 Å². The van der Waals surface area contributed by atoms with Gasteiger partial charge in [-0.2, -0.15) is 0 Å². The molecule has 0 radical (unpaired) electrons. The van der Waals surface area contributed by atoms with Gasteiger partial charge in [-0.1, -0.05) is 43.2 Å². The van der Waals surface area contributed by atoms with Gasteiger partial charge in [-0.25, -0.2) is 4.57 Å². The molecule has 1 aliphatic carbocycles. The summed E-state index contributed by atoms with van der Waals surface area (Å²) in [6, 6.07) is 9.77. The largest absolute Gasteiger partial charge is 0.389 e. The lowest BCUT2D eigenvalue weighted by Crippen LogP contribution is -2.14. The summed E-state index contributed by atoms with van der Waals surface area (Å²) >= 11 is 1.17. The number of hydrogen-bond acceptors (Lipinski definition) is 5. The van der Waals surface area contributed by atoms with Crippen molar-refractivity contribution in [1.29, 1.82) is 0 Å². The maximum atomic E-state index is 12.9. The zero-order chi connectivity index (χ0) is 17.4. The van der Waals surface area contributed by atoms with Crippen molar-refractivity contribution in [1.82, 2.24) is 0 Å². The third-order valence-corrected chi connectivity index (χ3v) is 8.47. The van der Waals surface area contributed by atoms with Gasteiger partial charge in [0.25, 0.3) is 0 Å². The Morgan fingerprint density at radius 3 is 2.29 bits per heavy atom. The first kappa shape index (κ1) is 19.7. The molecule has 0 spiro atoms. The fourth-order valence-corrected chi connectivity index (χ4v) is 7.23. The summed E-state index contributed by atoms with van der Waals surface area (Å²) in [4.78, 5) is 12.6. The monoisotopic (exact) mass is 370 g/mol. The minimum Gasteiger partial charge on any atom is -0.301 e. The van der Waals surface area contributed by atoms with Gasteiger partial charge in [0, 0.05) is 17.6 Å². The molecule has 24 heavy (non-hydrogen) atoms. The first-order valence-electron chi connectivity index (χ1n) is 8.73.